The molecule has 1 N–H and O–H groups in total. The number of nitrogens with zero attached hydrogens (tertiary/aromatic N) is 1. The molecule has 2 rings (SSSR count). The smallest absolute Gasteiger partial charge is 0.406 e. The van der Waals surface area contributed by atoms with Gasteiger partial charge in [-0.15, -0.1) is 13.2 Å². The van der Waals surface area contributed by atoms with E-state index in [0.29, 0.717) is 11.3 Å². The second-order valence-corrected chi connectivity index (χ2v) is 3.39. The number of aromatic nitrogens is 2. The monoisotopic (exact) mass is 256 g/mol. The summed E-state index contributed by atoms with van der Waals surface area (Å²) in [4.78, 5) is 17.2. The summed E-state index contributed by atoms with van der Waals surface area (Å²) in [6.07, 6.45) is -2.34. The molecule has 0 aliphatic rings. The van der Waals surface area contributed by atoms with Gasteiger partial charge in [0.15, 0.2) is 0 Å². The van der Waals surface area contributed by atoms with Gasteiger partial charge in [0.05, 0.1) is 18.1 Å². The molecule has 7 heteroatoms. The summed E-state index contributed by atoms with van der Waals surface area (Å²) in [5.41, 5.74) is 0.256. The third-order valence-corrected chi connectivity index (χ3v) is 2.03. The van der Waals surface area contributed by atoms with Crippen LogP contribution in [0.25, 0.3) is 11.3 Å². The van der Waals surface area contributed by atoms with E-state index < -0.39 is 11.9 Å². The van der Waals surface area contributed by atoms with Crippen LogP contribution < -0.4 is 10.3 Å². The Morgan fingerprint density at radius 1 is 1.22 bits per heavy atom. The molecule has 18 heavy (non-hydrogen) atoms. The molecule has 0 radical (unpaired) electrons. The van der Waals surface area contributed by atoms with Crippen LogP contribution in [-0.4, -0.2) is 16.3 Å². The van der Waals surface area contributed by atoms with Gasteiger partial charge in [0.2, 0.25) is 0 Å². The fourth-order valence-corrected chi connectivity index (χ4v) is 1.38. The molecule has 0 bridgehead atoms. The second kappa shape index (κ2) is 4.52. The lowest BCUT2D eigenvalue weighted by molar-refractivity contribution is -0.274. The molecule has 1 aromatic carbocycles. The van der Waals surface area contributed by atoms with Crippen LogP contribution >= 0.6 is 0 Å². The van der Waals surface area contributed by atoms with Crippen LogP contribution in [0.3, 0.4) is 0 Å². The number of nitrogens with one attached hydrogen (secondary N) is 1. The van der Waals surface area contributed by atoms with E-state index in [-0.39, 0.29) is 5.75 Å². The number of ether oxygens (including phenoxy) is 1. The quantitative estimate of drug-likeness (QED) is 0.897. The first-order valence-corrected chi connectivity index (χ1v) is 4.84. The zero-order valence-corrected chi connectivity index (χ0v) is 8.86. The van der Waals surface area contributed by atoms with Crippen molar-refractivity contribution in [1.29, 1.82) is 0 Å². The summed E-state index contributed by atoms with van der Waals surface area (Å²) in [5, 5.41) is 0. The van der Waals surface area contributed by atoms with E-state index in [1.54, 1.807) is 0 Å². The summed E-state index contributed by atoms with van der Waals surface area (Å²) in [7, 11) is 0. The van der Waals surface area contributed by atoms with E-state index in [9.17, 15) is 18.0 Å². The summed E-state index contributed by atoms with van der Waals surface area (Å²) in [6.45, 7) is 0. The SMILES string of the molecule is O=c1cncc(-c2cccc(OC(F)(F)F)c2)[nH]1. The average molecular weight is 256 g/mol. The van der Waals surface area contributed by atoms with Gasteiger partial charge in [-0.2, -0.15) is 0 Å². The molecule has 0 atom stereocenters. The highest BCUT2D eigenvalue weighted by Gasteiger charge is 2.31. The summed E-state index contributed by atoms with van der Waals surface area (Å²) in [5.74, 6) is -0.357. The number of hydrogen-bond acceptors (Lipinski definition) is 3. The van der Waals surface area contributed by atoms with Crippen molar-refractivity contribution in [3.8, 4) is 17.0 Å². The minimum Gasteiger partial charge on any atom is -0.406 e. The Bertz CT molecular complexity index is 607. The van der Waals surface area contributed by atoms with Crippen LogP contribution in [0.4, 0.5) is 13.2 Å². The Morgan fingerprint density at radius 2 is 2.00 bits per heavy atom. The fraction of sp³-hybridized carbons (Fsp3) is 0.0909. The molecular formula is C11H7F3N2O2. The molecule has 0 aliphatic carbocycles. The maximum Gasteiger partial charge on any atom is 0.573 e. The molecule has 0 saturated heterocycles. The largest absolute Gasteiger partial charge is 0.573 e. The number of H-pyrrole nitrogens is 1. The van der Waals surface area contributed by atoms with Crippen LogP contribution in [-0.2, 0) is 0 Å². The van der Waals surface area contributed by atoms with Crippen molar-refractivity contribution in [2.24, 2.45) is 0 Å². The van der Waals surface area contributed by atoms with Gasteiger partial charge in [0.25, 0.3) is 5.56 Å². The number of rotatable bonds is 2. The van der Waals surface area contributed by atoms with Crippen molar-refractivity contribution in [3.05, 3.63) is 47.0 Å². The van der Waals surface area contributed by atoms with Crippen molar-refractivity contribution in [3.63, 3.8) is 0 Å². The zero-order chi connectivity index (χ0) is 13.2. The van der Waals surface area contributed by atoms with Gasteiger partial charge in [-0.3, -0.25) is 9.78 Å². The Hall–Kier alpha value is -2.31. The molecule has 0 saturated carbocycles. The van der Waals surface area contributed by atoms with E-state index in [1.807, 2.05) is 0 Å². The molecule has 1 aromatic heterocycles. The fourth-order valence-electron chi connectivity index (χ4n) is 1.38. The Kier molecular flexibility index (Phi) is 3.05. The third-order valence-electron chi connectivity index (χ3n) is 2.03. The van der Waals surface area contributed by atoms with Gasteiger partial charge in [-0.1, -0.05) is 12.1 Å². The second-order valence-electron chi connectivity index (χ2n) is 3.39. The maximum atomic E-state index is 12.0. The lowest BCUT2D eigenvalue weighted by Gasteiger charge is -2.09. The van der Waals surface area contributed by atoms with Crippen molar-refractivity contribution >= 4 is 0 Å². The van der Waals surface area contributed by atoms with E-state index in [1.165, 1.54) is 30.5 Å². The summed E-state index contributed by atoms with van der Waals surface area (Å²) >= 11 is 0. The van der Waals surface area contributed by atoms with Crippen LogP contribution in [0.1, 0.15) is 0 Å². The van der Waals surface area contributed by atoms with Crippen molar-refractivity contribution in [2.45, 2.75) is 6.36 Å². The van der Waals surface area contributed by atoms with Gasteiger partial charge in [0, 0.05) is 5.56 Å². The summed E-state index contributed by atoms with van der Waals surface area (Å²) < 4.78 is 39.9. The standard InChI is InChI=1S/C11H7F3N2O2/c12-11(13,14)18-8-3-1-2-7(4-8)9-5-15-6-10(17)16-9/h1-6H,(H,16,17). The minimum absolute atomic E-state index is 0.315. The van der Waals surface area contributed by atoms with Crippen LogP contribution in [0, 0.1) is 0 Å². The predicted molar refractivity (Wildman–Crippen MR) is 57.0 cm³/mol. The first-order valence-electron chi connectivity index (χ1n) is 4.84. The molecule has 0 amide bonds. The predicted octanol–water partition coefficient (Wildman–Crippen LogP) is 2.34. The van der Waals surface area contributed by atoms with Crippen LogP contribution in [0.15, 0.2) is 41.5 Å². The van der Waals surface area contributed by atoms with Crippen LogP contribution in [0.2, 0.25) is 0 Å². The molecule has 0 aliphatic heterocycles. The number of aromatic amines is 1. The topological polar surface area (TPSA) is 55.0 Å². The van der Waals surface area contributed by atoms with Gasteiger partial charge in [0.1, 0.15) is 5.75 Å². The molecule has 0 unspecified atom stereocenters. The highest BCUT2D eigenvalue weighted by molar-refractivity contribution is 5.59. The van der Waals surface area contributed by atoms with Crippen LogP contribution in [0.5, 0.6) is 5.75 Å². The Balaban J connectivity index is 2.36. The molecule has 94 valence electrons. The molecule has 0 fully saturated rings. The van der Waals surface area contributed by atoms with E-state index in [2.05, 4.69) is 14.7 Å². The zero-order valence-electron chi connectivity index (χ0n) is 8.86. The average Bonchev–Trinajstić information content (AvgIpc) is 2.27. The minimum atomic E-state index is -4.75. The molecular weight excluding hydrogens is 249 g/mol. The number of hydrogen-bond donors (Lipinski definition) is 1. The normalized spacial score (nSPS) is 11.3. The van der Waals surface area contributed by atoms with Crippen molar-refractivity contribution < 1.29 is 17.9 Å². The van der Waals surface area contributed by atoms with E-state index >= 15 is 0 Å². The highest BCUT2D eigenvalue weighted by atomic mass is 19.4. The van der Waals surface area contributed by atoms with E-state index in [4.69, 9.17) is 0 Å². The van der Waals surface area contributed by atoms with Gasteiger partial charge in [-0.25, -0.2) is 0 Å². The Labute approximate surface area is 99.1 Å². The Morgan fingerprint density at radius 3 is 2.67 bits per heavy atom. The number of alkyl halides is 3. The van der Waals surface area contributed by atoms with Gasteiger partial charge in [-0.05, 0) is 12.1 Å². The van der Waals surface area contributed by atoms with Crippen molar-refractivity contribution in [1.82, 2.24) is 9.97 Å². The molecule has 2 aromatic rings. The lowest BCUT2D eigenvalue weighted by Crippen LogP contribution is -2.17. The molecule has 4 nitrogen and oxygen atoms in total. The maximum absolute atomic E-state index is 12.0. The number of halogens is 3. The lowest BCUT2D eigenvalue weighted by atomic mass is 10.1. The third kappa shape index (κ3) is 3.09. The molecule has 0 spiro atoms. The first-order chi connectivity index (χ1) is 8.44. The number of benzene rings is 1. The summed E-state index contributed by atoms with van der Waals surface area (Å²) in [6, 6.07) is 5.27. The molecule has 1 heterocycles. The van der Waals surface area contributed by atoms with Gasteiger partial charge < -0.3 is 9.72 Å². The van der Waals surface area contributed by atoms with E-state index in [0.717, 1.165) is 6.20 Å². The van der Waals surface area contributed by atoms with Crippen molar-refractivity contribution in [2.75, 3.05) is 0 Å². The van der Waals surface area contributed by atoms with Gasteiger partial charge >= 0.3 is 6.36 Å². The highest BCUT2D eigenvalue weighted by Crippen LogP contribution is 2.26. The first kappa shape index (κ1) is 12.2.